The predicted octanol–water partition coefficient (Wildman–Crippen LogP) is 1.45. The molecule has 3 aromatic rings. The Hall–Kier alpha value is -2.42. The first kappa shape index (κ1) is 17.0. The van der Waals surface area contributed by atoms with Gasteiger partial charge in [0.1, 0.15) is 5.52 Å². The zero-order valence-corrected chi connectivity index (χ0v) is 14.9. The van der Waals surface area contributed by atoms with Gasteiger partial charge in [0.05, 0.1) is 34.4 Å². The van der Waals surface area contributed by atoms with Crippen LogP contribution >= 0.6 is 11.3 Å². The second kappa shape index (κ2) is 7.45. The number of hydrogen-bond acceptors (Lipinski definition) is 7. The molecule has 2 atom stereocenters. The Morgan fingerprint density at radius 2 is 2.19 bits per heavy atom. The number of nitrogens with zero attached hydrogens (tertiary/aromatic N) is 4. The van der Waals surface area contributed by atoms with E-state index in [0.717, 1.165) is 18.8 Å². The molecule has 1 aromatic carbocycles. The van der Waals surface area contributed by atoms with Gasteiger partial charge in [-0.3, -0.25) is 19.7 Å². The fraction of sp³-hybridized carbons (Fsp3) is 0.333. The predicted molar refractivity (Wildman–Crippen MR) is 98.8 cm³/mol. The molecule has 3 heterocycles. The number of carbonyl (C=O) groups is 1. The van der Waals surface area contributed by atoms with Crippen molar-refractivity contribution in [2.24, 2.45) is 0 Å². The molecule has 0 unspecified atom stereocenters. The lowest BCUT2D eigenvalue weighted by molar-refractivity contribution is 0.0346. The van der Waals surface area contributed by atoms with E-state index < -0.39 is 6.10 Å². The van der Waals surface area contributed by atoms with E-state index in [9.17, 15) is 9.90 Å². The fourth-order valence-electron chi connectivity index (χ4n) is 3.28. The molecule has 4 rings (SSSR count). The monoisotopic (exact) mass is 369 g/mol. The van der Waals surface area contributed by atoms with Crippen LogP contribution in [0.2, 0.25) is 0 Å². The van der Waals surface area contributed by atoms with Crippen LogP contribution in [0.5, 0.6) is 0 Å². The molecule has 26 heavy (non-hydrogen) atoms. The number of nitrogens with one attached hydrogen (secondary N) is 1. The summed E-state index contributed by atoms with van der Waals surface area (Å²) >= 11 is 1.57. The van der Waals surface area contributed by atoms with E-state index in [1.807, 2.05) is 17.0 Å². The number of rotatable bonds is 4. The van der Waals surface area contributed by atoms with Gasteiger partial charge in [0.25, 0.3) is 5.91 Å². The number of hydrogen-bond donors (Lipinski definition) is 2. The second-order valence-electron chi connectivity index (χ2n) is 6.38. The summed E-state index contributed by atoms with van der Waals surface area (Å²) in [6, 6.07) is 5.07. The molecule has 7 nitrogen and oxygen atoms in total. The van der Waals surface area contributed by atoms with E-state index in [0.29, 0.717) is 29.6 Å². The largest absolute Gasteiger partial charge is 0.390 e. The molecule has 2 aromatic heterocycles. The zero-order valence-electron chi connectivity index (χ0n) is 14.1. The highest BCUT2D eigenvalue weighted by Gasteiger charge is 2.29. The lowest BCUT2D eigenvalue weighted by atomic mass is 10.0. The molecule has 1 aliphatic heterocycles. The third-order valence-electron chi connectivity index (χ3n) is 4.59. The molecular weight excluding hydrogens is 350 g/mol. The number of thiazole rings is 1. The molecule has 0 aliphatic carbocycles. The Morgan fingerprint density at radius 3 is 3.00 bits per heavy atom. The van der Waals surface area contributed by atoms with Gasteiger partial charge in [0, 0.05) is 37.4 Å². The van der Waals surface area contributed by atoms with Crippen LogP contribution in [0.3, 0.4) is 0 Å². The highest BCUT2D eigenvalue weighted by molar-refractivity contribution is 7.07. The van der Waals surface area contributed by atoms with Crippen LogP contribution in [-0.2, 0) is 6.54 Å². The van der Waals surface area contributed by atoms with Crippen molar-refractivity contribution >= 4 is 28.3 Å². The third kappa shape index (κ3) is 3.57. The van der Waals surface area contributed by atoms with E-state index in [1.165, 1.54) is 0 Å². The van der Waals surface area contributed by atoms with Gasteiger partial charge in [0.2, 0.25) is 0 Å². The molecule has 1 amide bonds. The van der Waals surface area contributed by atoms with E-state index in [-0.39, 0.29) is 11.9 Å². The number of β-amino-alcohol motifs (C(OH)–C–C–N with tert-alkyl or cyclic N) is 1. The van der Waals surface area contributed by atoms with Crippen molar-refractivity contribution in [1.82, 2.24) is 25.2 Å². The van der Waals surface area contributed by atoms with Gasteiger partial charge in [-0.05, 0) is 18.6 Å². The molecule has 0 bridgehead atoms. The maximum Gasteiger partial charge on any atom is 0.253 e. The van der Waals surface area contributed by atoms with Gasteiger partial charge < -0.3 is 10.4 Å². The molecule has 134 valence electrons. The van der Waals surface area contributed by atoms with Crippen LogP contribution in [0, 0.1) is 0 Å². The van der Waals surface area contributed by atoms with Gasteiger partial charge >= 0.3 is 0 Å². The number of aliphatic hydroxyl groups is 1. The van der Waals surface area contributed by atoms with Crippen LogP contribution < -0.4 is 5.32 Å². The van der Waals surface area contributed by atoms with Crippen molar-refractivity contribution in [2.75, 3.05) is 13.1 Å². The van der Waals surface area contributed by atoms with Crippen molar-refractivity contribution < 1.29 is 9.90 Å². The summed E-state index contributed by atoms with van der Waals surface area (Å²) < 4.78 is 0. The summed E-state index contributed by atoms with van der Waals surface area (Å²) in [5, 5.41) is 15.5. The Balaban J connectivity index is 1.42. The Morgan fingerprint density at radius 1 is 1.31 bits per heavy atom. The number of aromatic nitrogens is 3. The molecule has 1 aliphatic rings. The lowest BCUT2D eigenvalue weighted by Crippen LogP contribution is -2.53. The number of aliphatic hydroxyl groups excluding tert-OH is 1. The number of likely N-dealkylation sites (tertiary alicyclic amines) is 1. The average Bonchev–Trinajstić information content (AvgIpc) is 3.16. The van der Waals surface area contributed by atoms with E-state index in [1.54, 1.807) is 35.9 Å². The van der Waals surface area contributed by atoms with Crippen molar-refractivity contribution in [1.29, 1.82) is 0 Å². The van der Waals surface area contributed by atoms with Crippen molar-refractivity contribution in [3.05, 3.63) is 52.7 Å². The summed E-state index contributed by atoms with van der Waals surface area (Å²) in [7, 11) is 0. The number of para-hydroxylation sites is 1. The molecule has 0 radical (unpaired) electrons. The minimum Gasteiger partial charge on any atom is -0.390 e. The minimum absolute atomic E-state index is 0.229. The average molecular weight is 369 g/mol. The molecular formula is C18H19N5O2S. The molecule has 0 spiro atoms. The number of amides is 1. The molecule has 1 saturated heterocycles. The number of piperidine rings is 1. The summed E-state index contributed by atoms with van der Waals surface area (Å²) in [4.78, 5) is 27.6. The Kier molecular flexibility index (Phi) is 4.87. The first-order chi connectivity index (χ1) is 12.7. The van der Waals surface area contributed by atoms with Crippen LogP contribution in [0.15, 0.2) is 41.5 Å². The van der Waals surface area contributed by atoms with Gasteiger partial charge in [-0.1, -0.05) is 6.07 Å². The second-order valence-corrected chi connectivity index (χ2v) is 7.10. The summed E-state index contributed by atoms with van der Waals surface area (Å²) in [5.74, 6) is -0.229. The third-order valence-corrected chi connectivity index (χ3v) is 5.23. The summed E-state index contributed by atoms with van der Waals surface area (Å²) in [5.41, 5.74) is 4.56. The maximum atomic E-state index is 12.7. The lowest BCUT2D eigenvalue weighted by Gasteiger charge is -2.35. The summed E-state index contributed by atoms with van der Waals surface area (Å²) in [6.07, 6.45) is 3.25. The SMILES string of the molecule is O=C(N[C@@H]1CCN(Cc2cscn2)C[C@H]1O)c1cccc2nccnc12. The topological polar surface area (TPSA) is 91.2 Å². The van der Waals surface area contributed by atoms with Crippen LogP contribution in [0.25, 0.3) is 11.0 Å². The Bertz CT molecular complexity index is 896. The van der Waals surface area contributed by atoms with Gasteiger partial charge in [-0.2, -0.15) is 0 Å². The molecule has 1 fully saturated rings. The first-order valence-electron chi connectivity index (χ1n) is 8.49. The van der Waals surface area contributed by atoms with E-state index in [4.69, 9.17) is 0 Å². The van der Waals surface area contributed by atoms with Gasteiger partial charge in [-0.15, -0.1) is 11.3 Å². The van der Waals surface area contributed by atoms with Gasteiger partial charge in [0.15, 0.2) is 0 Å². The highest BCUT2D eigenvalue weighted by atomic mass is 32.1. The number of benzene rings is 1. The zero-order chi connectivity index (χ0) is 17.9. The normalized spacial score (nSPS) is 21.0. The quantitative estimate of drug-likeness (QED) is 0.723. The standard InChI is InChI=1S/C18H19N5O2S/c24-16-9-23(8-12-10-26-11-21-12)7-4-14(16)22-18(25)13-2-1-3-15-17(13)20-6-5-19-15/h1-3,5-6,10-11,14,16,24H,4,7-9H2,(H,22,25)/t14-,16-/m1/s1. The first-order valence-corrected chi connectivity index (χ1v) is 9.43. The molecule has 2 N–H and O–H groups in total. The molecule has 0 saturated carbocycles. The fourth-order valence-corrected chi connectivity index (χ4v) is 3.83. The Labute approximate surface area is 154 Å². The maximum absolute atomic E-state index is 12.7. The van der Waals surface area contributed by atoms with Crippen molar-refractivity contribution in [3.8, 4) is 0 Å². The number of fused-ring (bicyclic) bond motifs is 1. The van der Waals surface area contributed by atoms with Crippen LogP contribution in [0.1, 0.15) is 22.5 Å². The highest BCUT2D eigenvalue weighted by Crippen LogP contribution is 2.17. The smallest absolute Gasteiger partial charge is 0.253 e. The van der Waals surface area contributed by atoms with Crippen LogP contribution in [0.4, 0.5) is 0 Å². The molecule has 8 heteroatoms. The van der Waals surface area contributed by atoms with Crippen LogP contribution in [-0.4, -0.2) is 56.1 Å². The van der Waals surface area contributed by atoms with Gasteiger partial charge in [-0.25, -0.2) is 4.98 Å². The minimum atomic E-state index is -0.618. The van der Waals surface area contributed by atoms with Crippen molar-refractivity contribution in [2.45, 2.75) is 25.1 Å². The van der Waals surface area contributed by atoms with E-state index in [2.05, 4.69) is 25.2 Å². The summed E-state index contributed by atoms with van der Waals surface area (Å²) in [6.45, 7) is 2.03. The van der Waals surface area contributed by atoms with Crippen molar-refractivity contribution in [3.63, 3.8) is 0 Å². The van der Waals surface area contributed by atoms with E-state index >= 15 is 0 Å². The number of carbonyl (C=O) groups excluding carboxylic acids is 1.